The van der Waals surface area contributed by atoms with Gasteiger partial charge in [0, 0.05) is 10.9 Å². The van der Waals surface area contributed by atoms with Gasteiger partial charge in [-0.05, 0) is 37.6 Å². The lowest BCUT2D eigenvalue weighted by molar-refractivity contribution is 0.619. The Balaban J connectivity index is 2.20. The zero-order chi connectivity index (χ0) is 14.7. The minimum absolute atomic E-state index is 0.292. The van der Waals surface area contributed by atoms with Crippen LogP contribution in [0.15, 0.2) is 53.4 Å². The van der Waals surface area contributed by atoms with Gasteiger partial charge in [-0.15, -0.1) is 0 Å². The van der Waals surface area contributed by atoms with E-state index < -0.39 is 10.8 Å². The fourth-order valence-corrected chi connectivity index (χ4v) is 3.29. The van der Waals surface area contributed by atoms with Crippen LogP contribution >= 0.6 is 0 Å². The molecule has 0 spiro atoms. The van der Waals surface area contributed by atoms with E-state index in [1.165, 1.54) is 12.1 Å². The first kappa shape index (κ1) is 14.9. The van der Waals surface area contributed by atoms with Crippen LogP contribution in [0.4, 0.5) is 4.39 Å². The van der Waals surface area contributed by atoms with Crippen molar-refractivity contribution in [2.24, 2.45) is 5.73 Å². The van der Waals surface area contributed by atoms with E-state index in [1.807, 2.05) is 38.1 Å². The van der Waals surface area contributed by atoms with Gasteiger partial charge in [-0.1, -0.05) is 35.9 Å². The van der Waals surface area contributed by atoms with Gasteiger partial charge in [-0.2, -0.15) is 0 Å². The molecule has 0 saturated heterocycles. The van der Waals surface area contributed by atoms with Gasteiger partial charge in [-0.25, -0.2) is 4.39 Å². The number of hydrogen-bond donors (Lipinski definition) is 1. The molecule has 0 amide bonds. The minimum Gasteiger partial charge on any atom is -0.323 e. The van der Waals surface area contributed by atoms with E-state index in [0.717, 1.165) is 11.1 Å². The second kappa shape index (κ2) is 6.29. The zero-order valence-corrected chi connectivity index (χ0v) is 12.4. The molecule has 0 saturated carbocycles. The van der Waals surface area contributed by atoms with Crippen LogP contribution in [0.25, 0.3) is 0 Å². The van der Waals surface area contributed by atoms with Gasteiger partial charge >= 0.3 is 0 Å². The summed E-state index contributed by atoms with van der Waals surface area (Å²) < 4.78 is 25.6. The van der Waals surface area contributed by atoms with Gasteiger partial charge in [0.15, 0.2) is 0 Å². The SMILES string of the molecule is Cc1ccc(C(N)C(C)S(=O)c2cccc(F)c2)cc1. The fourth-order valence-electron chi connectivity index (χ4n) is 2.00. The molecule has 0 radical (unpaired) electrons. The summed E-state index contributed by atoms with van der Waals surface area (Å²) in [5.41, 5.74) is 8.27. The lowest BCUT2D eigenvalue weighted by Gasteiger charge is -2.20. The van der Waals surface area contributed by atoms with E-state index in [4.69, 9.17) is 5.73 Å². The number of hydrogen-bond acceptors (Lipinski definition) is 2. The average Bonchev–Trinajstić information content (AvgIpc) is 2.46. The Hall–Kier alpha value is -1.52. The van der Waals surface area contributed by atoms with E-state index in [0.29, 0.717) is 4.90 Å². The monoisotopic (exact) mass is 291 g/mol. The van der Waals surface area contributed by atoms with Crippen LogP contribution in [0.5, 0.6) is 0 Å². The molecule has 0 aliphatic heterocycles. The molecule has 2 N–H and O–H groups in total. The molecule has 3 unspecified atom stereocenters. The highest BCUT2D eigenvalue weighted by Gasteiger charge is 2.22. The maximum absolute atomic E-state index is 13.2. The smallest absolute Gasteiger partial charge is 0.124 e. The summed E-state index contributed by atoms with van der Waals surface area (Å²) in [6, 6.07) is 13.4. The lowest BCUT2D eigenvalue weighted by atomic mass is 10.0. The van der Waals surface area contributed by atoms with Gasteiger partial charge in [-0.3, -0.25) is 4.21 Å². The predicted octanol–water partition coefficient (Wildman–Crippen LogP) is 3.33. The quantitative estimate of drug-likeness (QED) is 0.939. The summed E-state index contributed by atoms with van der Waals surface area (Å²) in [7, 11) is -1.34. The van der Waals surface area contributed by atoms with Crippen LogP contribution in [0, 0.1) is 12.7 Å². The first-order valence-corrected chi connectivity index (χ1v) is 7.68. The van der Waals surface area contributed by atoms with E-state index in [9.17, 15) is 8.60 Å². The standard InChI is InChI=1S/C16H18FNOS/c1-11-6-8-13(9-7-11)16(18)12(2)20(19)15-5-3-4-14(17)10-15/h3-10,12,16H,18H2,1-2H3. The summed E-state index contributed by atoms with van der Waals surface area (Å²) in [6.07, 6.45) is 0. The number of rotatable bonds is 4. The Morgan fingerprint density at radius 3 is 2.40 bits per heavy atom. The molecule has 106 valence electrons. The second-order valence-electron chi connectivity index (χ2n) is 4.90. The summed E-state index contributed by atoms with van der Waals surface area (Å²) >= 11 is 0. The van der Waals surface area contributed by atoms with E-state index in [1.54, 1.807) is 12.1 Å². The second-order valence-corrected chi connectivity index (χ2v) is 6.71. The number of nitrogens with two attached hydrogens (primary N) is 1. The minimum atomic E-state index is -1.34. The van der Waals surface area contributed by atoms with Crippen LogP contribution in [-0.2, 0) is 10.8 Å². The highest BCUT2D eigenvalue weighted by atomic mass is 32.2. The fraction of sp³-hybridized carbons (Fsp3) is 0.250. The Kier molecular flexibility index (Phi) is 4.68. The van der Waals surface area contributed by atoms with Crippen molar-refractivity contribution in [2.45, 2.75) is 30.0 Å². The van der Waals surface area contributed by atoms with Crippen molar-refractivity contribution in [3.63, 3.8) is 0 Å². The number of aryl methyl sites for hydroxylation is 1. The van der Waals surface area contributed by atoms with Crippen molar-refractivity contribution in [2.75, 3.05) is 0 Å². The third-order valence-electron chi connectivity index (χ3n) is 3.33. The average molecular weight is 291 g/mol. The van der Waals surface area contributed by atoms with Crippen LogP contribution in [0.3, 0.4) is 0 Å². The third kappa shape index (κ3) is 3.32. The maximum atomic E-state index is 13.2. The van der Waals surface area contributed by atoms with Crippen molar-refractivity contribution in [1.82, 2.24) is 0 Å². The van der Waals surface area contributed by atoms with Crippen molar-refractivity contribution in [3.05, 3.63) is 65.5 Å². The van der Waals surface area contributed by atoms with Gasteiger partial charge in [0.2, 0.25) is 0 Å². The Labute approximate surface area is 121 Å². The maximum Gasteiger partial charge on any atom is 0.124 e. The highest BCUT2D eigenvalue weighted by Crippen LogP contribution is 2.23. The Morgan fingerprint density at radius 2 is 1.80 bits per heavy atom. The van der Waals surface area contributed by atoms with Crippen LogP contribution in [0.2, 0.25) is 0 Å². The largest absolute Gasteiger partial charge is 0.323 e. The summed E-state index contributed by atoms with van der Waals surface area (Å²) in [5.74, 6) is -0.382. The molecule has 0 bridgehead atoms. The van der Waals surface area contributed by atoms with Crippen molar-refractivity contribution < 1.29 is 8.60 Å². The molecule has 2 aromatic carbocycles. The van der Waals surface area contributed by atoms with Gasteiger partial charge in [0.25, 0.3) is 0 Å². The van der Waals surface area contributed by atoms with Crippen molar-refractivity contribution in [3.8, 4) is 0 Å². The normalized spacial score (nSPS) is 15.6. The molecule has 0 aliphatic rings. The Morgan fingerprint density at radius 1 is 1.15 bits per heavy atom. The van der Waals surface area contributed by atoms with Crippen molar-refractivity contribution in [1.29, 1.82) is 0 Å². The van der Waals surface area contributed by atoms with Crippen molar-refractivity contribution >= 4 is 10.8 Å². The van der Waals surface area contributed by atoms with E-state index >= 15 is 0 Å². The molecule has 0 fully saturated rings. The van der Waals surface area contributed by atoms with Gasteiger partial charge in [0.1, 0.15) is 5.82 Å². The molecule has 0 aromatic heterocycles. The van der Waals surface area contributed by atoms with Crippen LogP contribution in [-0.4, -0.2) is 9.46 Å². The molecule has 0 heterocycles. The van der Waals surface area contributed by atoms with Gasteiger partial charge < -0.3 is 5.73 Å². The molecule has 2 aromatic rings. The van der Waals surface area contributed by atoms with Crippen LogP contribution < -0.4 is 5.73 Å². The molecule has 0 aliphatic carbocycles. The number of halogens is 1. The zero-order valence-electron chi connectivity index (χ0n) is 11.5. The number of benzene rings is 2. The summed E-state index contributed by atoms with van der Waals surface area (Å²) in [5, 5.41) is -0.292. The molecular weight excluding hydrogens is 273 g/mol. The topological polar surface area (TPSA) is 43.1 Å². The summed E-state index contributed by atoms with van der Waals surface area (Å²) in [6.45, 7) is 3.83. The molecule has 4 heteroatoms. The lowest BCUT2D eigenvalue weighted by Crippen LogP contribution is -2.27. The van der Waals surface area contributed by atoms with Crippen LogP contribution in [0.1, 0.15) is 24.1 Å². The predicted molar refractivity (Wildman–Crippen MR) is 80.4 cm³/mol. The first-order chi connectivity index (χ1) is 9.49. The molecule has 20 heavy (non-hydrogen) atoms. The highest BCUT2D eigenvalue weighted by molar-refractivity contribution is 7.85. The molecule has 2 nitrogen and oxygen atoms in total. The van der Waals surface area contributed by atoms with E-state index in [2.05, 4.69) is 0 Å². The molecule has 2 rings (SSSR count). The molecular formula is C16H18FNOS. The van der Waals surface area contributed by atoms with E-state index in [-0.39, 0.29) is 17.1 Å². The molecule has 3 atom stereocenters. The van der Waals surface area contributed by atoms with Gasteiger partial charge in [0.05, 0.1) is 16.0 Å². The third-order valence-corrected chi connectivity index (χ3v) is 5.02. The first-order valence-electron chi connectivity index (χ1n) is 6.47. The Bertz CT molecular complexity index is 612. The summed E-state index contributed by atoms with van der Waals surface area (Å²) in [4.78, 5) is 0.472.